The minimum absolute atomic E-state index is 0.102. The topological polar surface area (TPSA) is 58.6 Å². The second kappa shape index (κ2) is 6.81. The van der Waals surface area contributed by atoms with Crippen LogP contribution in [0.1, 0.15) is 28.7 Å². The van der Waals surface area contributed by atoms with Crippen LogP contribution in [-0.4, -0.2) is 71.2 Å². The van der Waals surface area contributed by atoms with Gasteiger partial charge in [0.15, 0.2) is 0 Å². The summed E-state index contributed by atoms with van der Waals surface area (Å²) in [5.74, 6) is 0.773. The first kappa shape index (κ1) is 14.9. The van der Waals surface area contributed by atoms with Crippen molar-refractivity contribution >= 4 is 17.4 Å². The van der Waals surface area contributed by atoms with Crippen molar-refractivity contribution in [1.82, 2.24) is 19.4 Å². The van der Waals surface area contributed by atoms with Crippen molar-refractivity contribution in [3.63, 3.8) is 0 Å². The van der Waals surface area contributed by atoms with E-state index in [0.29, 0.717) is 5.92 Å². The van der Waals surface area contributed by atoms with Gasteiger partial charge in [-0.15, -0.1) is 5.10 Å². The summed E-state index contributed by atoms with van der Waals surface area (Å²) in [6, 6.07) is 0. The van der Waals surface area contributed by atoms with E-state index in [2.05, 4.69) is 14.5 Å². The van der Waals surface area contributed by atoms with Crippen LogP contribution in [0.4, 0.5) is 0 Å². The van der Waals surface area contributed by atoms with Crippen molar-refractivity contribution < 1.29 is 9.53 Å². The normalized spacial score (nSPS) is 23.7. The van der Waals surface area contributed by atoms with E-state index in [-0.39, 0.29) is 5.91 Å². The number of rotatable bonds is 4. The first-order valence-electron chi connectivity index (χ1n) is 7.68. The highest BCUT2D eigenvalue weighted by Gasteiger charge is 2.27. The highest BCUT2D eigenvalue weighted by molar-refractivity contribution is 7.08. The van der Waals surface area contributed by atoms with Crippen LogP contribution in [0.15, 0.2) is 0 Å². The van der Waals surface area contributed by atoms with E-state index in [1.807, 2.05) is 11.8 Å². The van der Waals surface area contributed by atoms with Crippen LogP contribution in [0, 0.1) is 5.92 Å². The van der Waals surface area contributed by atoms with Crippen LogP contribution < -0.4 is 0 Å². The van der Waals surface area contributed by atoms with E-state index in [1.165, 1.54) is 18.0 Å². The van der Waals surface area contributed by atoms with Crippen LogP contribution in [0.2, 0.25) is 0 Å². The summed E-state index contributed by atoms with van der Waals surface area (Å²) in [5.41, 5.74) is 0.829. The third kappa shape index (κ3) is 3.41. The maximum absolute atomic E-state index is 12.5. The van der Waals surface area contributed by atoms with Gasteiger partial charge in [0.05, 0.1) is 12.3 Å². The summed E-state index contributed by atoms with van der Waals surface area (Å²) < 4.78 is 9.34. The summed E-state index contributed by atoms with van der Waals surface area (Å²) >= 11 is 1.22. The molecule has 0 spiro atoms. The van der Waals surface area contributed by atoms with E-state index >= 15 is 0 Å². The Balaban J connectivity index is 1.52. The predicted molar refractivity (Wildman–Crippen MR) is 80.6 cm³/mol. The number of ether oxygens (including phenoxy) is 1. The van der Waals surface area contributed by atoms with Gasteiger partial charge in [-0.2, -0.15) is 0 Å². The molecule has 2 saturated heterocycles. The molecule has 0 aromatic carbocycles. The van der Waals surface area contributed by atoms with Gasteiger partial charge < -0.3 is 9.64 Å². The van der Waals surface area contributed by atoms with Gasteiger partial charge in [0.25, 0.3) is 5.91 Å². The van der Waals surface area contributed by atoms with Crippen molar-refractivity contribution in [2.24, 2.45) is 5.92 Å². The lowest BCUT2D eigenvalue weighted by Gasteiger charge is -2.35. The fourth-order valence-corrected chi connectivity index (χ4v) is 3.69. The summed E-state index contributed by atoms with van der Waals surface area (Å²) in [6.45, 7) is 8.42. The molecule has 1 aromatic heterocycles. The van der Waals surface area contributed by atoms with Crippen LogP contribution in [0.5, 0.6) is 0 Å². The molecule has 2 aliphatic rings. The van der Waals surface area contributed by atoms with Gasteiger partial charge in [-0.25, -0.2) is 0 Å². The lowest BCUT2D eigenvalue weighted by Crippen LogP contribution is -2.49. The maximum atomic E-state index is 12.5. The summed E-state index contributed by atoms with van der Waals surface area (Å²) in [6.07, 6.45) is 1.94. The smallest absolute Gasteiger partial charge is 0.267 e. The van der Waals surface area contributed by atoms with Crippen molar-refractivity contribution in [2.45, 2.75) is 19.8 Å². The van der Waals surface area contributed by atoms with E-state index < -0.39 is 0 Å². The average Bonchev–Trinajstić information content (AvgIpc) is 3.18. The van der Waals surface area contributed by atoms with Crippen LogP contribution in [-0.2, 0) is 11.2 Å². The third-order valence-corrected chi connectivity index (χ3v) is 5.04. The zero-order valence-electron chi connectivity index (χ0n) is 12.5. The molecule has 0 bridgehead atoms. The highest BCUT2D eigenvalue weighted by atomic mass is 32.1. The molecule has 1 unspecified atom stereocenters. The molecule has 1 atom stereocenters. The van der Waals surface area contributed by atoms with Gasteiger partial charge >= 0.3 is 0 Å². The molecule has 0 saturated carbocycles. The molecule has 2 aliphatic heterocycles. The van der Waals surface area contributed by atoms with Crippen molar-refractivity contribution in [1.29, 1.82) is 0 Å². The largest absolute Gasteiger partial charge is 0.381 e. The fraction of sp³-hybridized carbons (Fsp3) is 0.786. The van der Waals surface area contributed by atoms with Crippen LogP contribution in [0.3, 0.4) is 0 Å². The summed E-state index contributed by atoms with van der Waals surface area (Å²) in [4.78, 5) is 17.6. The van der Waals surface area contributed by atoms with Gasteiger partial charge in [-0.3, -0.25) is 9.69 Å². The molecule has 3 heterocycles. The van der Waals surface area contributed by atoms with Gasteiger partial charge in [-0.05, 0) is 30.3 Å². The first-order chi connectivity index (χ1) is 10.3. The van der Waals surface area contributed by atoms with E-state index in [1.54, 1.807) is 0 Å². The number of piperazine rings is 1. The van der Waals surface area contributed by atoms with Crippen LogP contribution in [0.25, 0.3) is 0 Å². The van der Waals surface area contributed by atoms with Gasteiger partial charge in [-0.1, -0.05) is 11.4 Å². The number of hydrogen-bond donors (Lipinski definition) is 0. The van der Waals surface area contributed by atoms with Gasteiger partial charge in [0, 0.05) is 39.3 Å². The minimum Gasteiger partial charge on any atom is -0.381 e. The molecule has 3 rings (SSSR count). The molecular weight excluding hydrogens is 288 g/mol. The second-order valence-corrected chi connectivity index (χ2v) is 6.48. The number of carbonyl (C=O) groups is 1. The standard InChI is InChI=1S/C14H22N4O2S/c1-2-12-13(21-16-15-12)14(19)18-6-4-17(5-7-18)9-11-3-8-20-10-11/h11H,2-10H2,1H3. The monoisotopic (exact) mass is 310 g/mol. The predicted octanol–water partition coefficient (Wildman–Crippen LogP) is 0.895. The van der Waals surface area contributed by atoms with Crippen molar-refractivity contribution in [3.8, 4) is 0 Å². The molecule has 0 radical (unpaired) electrons. The van der Waals surface area contributed by atoms with E-state index in [9.17, 15) is 4.79 Å². The second-order valence-electron chi connectivity index (χ2n) is 5.72. The number of aryl methyl sites for hydroxylation is 1. The Morgan fingerprint density at radius 3 is 2.86 bits per heavy atom. The molecule has 21 heavy (non-hydrogen) atoms. The highest BCUT2D eigenvalue weighted by Crippen LogP contribution is 2.18. The fourth-order valence-electron chi connectivity index (χ4n) is 2.97. The Hall–Kier alpha value is -1.05. The Morgan fingerprint density at radius 1 is 1.38 bits per heavy atom. The number of aromatic nitrogens is 2. The SMILES string of the molecule is CCc1nnsc1C(=O)N1CCN(CC2CCOC2)CC1. The lowest BCUT2D eigenvalue weighted by molar-refractivity contribution is 0.0614. The summed E-state index contributed by atoms with van der Waals surface area (Å²) in [7, 11) is 0. The van der Waals surface area contributed by atoms with E-state index in [4.69, 9.17) is 4.74 Å². The zero-order chi connectivity index (χ0) is 14.7. The van der Waals surface area contributed by atoms with Crippen LogP contribution >= 0.6 is 11.5 Å². The zero-order valence-corrected chi connectivity index (χ0v) is 13.3. The lowest BCUT2D eigenvalue weighted by atomic mass is 10.1. The Kier molecular flexibility index (Phi) is 4.82. The third-order valence-electron chi connectivity index (χ3n) is 4.28. The molecule has 0 N–H and O–H groups in total. The quantitative estimate of drug-likeness (QED) is 0.827. The van der Waals surface area contributed by atoms with Crippen molar-refractivity contribution in [2.75, 3.05) is 45.9 Å². The Labute approximate surface area is 129 Å². The summed E-state index contributed by atoms with van der Waals surface area (Å²) in [5, 5.41) is 4.03. The first-order valence-corrected chi connectivity index (χ1v) is 8.46. The number of hydrogen-bond acceptors (Lipinski definition) is 6. The number of nitrogens with zero attached hydrogens (tertiary/aromatic N) is 4. The molecule has 1 aromatic rings. The average molecular weight is 310 g/mol. The number of carbonyl (C=O) groups excluding carboxylic acids is 1. The van der Waals surface area contributed by atoms with Gasteiger partial charge in [0.2, 0.25) is 0 Å². The molecule has 0 aliphatic carbocycles. The van der Waals surface area contributed by atoms with Crippen molar-refractivity contribution in [3.05, 3.63) is 10.6 Å². The molecule has 6 nitrogen and oxygen atoms in total. The molecule has 116 valence electrons. The number of amides is 1. The molecular formula is C14H22N4O2S. The van der Waals surface area contributed by atoms with Gasteiger partial charge in [0.1, 0.15) is 4.88 Å². The molecule has 2 fully saturated rings. The Morgan fingerprint density at radius 2 is 2.19 bits per heavy atom. The maximum Gasteiger partial charge on any atom is 0.267 e. The molecule has 7 heteroatoms. The molecule has 1 amide bonds. The minimum atomic E-state index is 0.102. The van der Waals surface area contributed by atoms with E-state index in [0.717, 1.165) is 62.9 Å². The Bertz CT molecular complexity index is 479.